The topological polar surface area (TPSA) is 89.1 Å². The highest BCUT2D eigenvalue weighted by atomic mass is 32.1. The summed E-state index contributed by atoms with van der Waals surface area (Å²) in [5.41, 5.74) is 7.20. The Labute approximate surface area is 139 Å². The molecule has 0 radical (unpaired) electrons. The van der Waals surface area contributed by atoms with E-state index in [2.05, 4.69) is 37.4 Å². The molecule has 1 aliphatic heterocycles. The molecule has 2 amide bonds. The summed E-state index contributed by atoms with van der Waals surface area (Å²) in [6.07, 6.45) is 4.24. The van der Waals surface area contributed by atoms with Crippen molar-refractivity contribution in [2.45, 2.75) is 32.5 Å². The van der Waals surface area contributed by atoms with Crippen molar-refractivity contribution in [3.8, 4) is 0 Å². The molecule has 0 aliphatic carbocycles. The second kappa shape index (κ2) is 7.56. The Morgan fingerprint density at radius 3 is 2.96 bits per heavy atom. The number of carbonyl (C=O) groups excluding carboxylic acids is 1. The van der Waals surface area contributed by atoms with Crippen LogP contribution in [0.5, 0.6) is 0 Å². The molecule has 1 fully saturated rings. The van der Waals surface area contributed by atoms with Gasteiger partial charge in [0.1, 0.15) is 5.69 Å². The number of aromatic nitrogens is 3. The third-order valence-electron chi connectivity index (χ3n) is 4.17. The minimum atomic E-state index is -0.544. The Morgan fingerprint density at radius 2 is 2.26 bits per heavy atom. The third-order valence-corrected chi connectivity index (χ3v) is 4.90. The van der Waals surface area contributed by atoms with Crippen molar-refractivity contribution in [1.29, 1.82) is 0 Å². The average Bonchev–Trinajstić information content (AvgIpc) is 3.19. The Morgan fingerprint density at radius 1 is 1.43 bits per heavy atom. The molecule has 0 bridgehead atoms. The van der Waals surface area contributed by atoms with E-state index in [1.807, 2.05) is 10.9 Å². The molecule has 8 heteroatoms. The second-order valence-electron chi connectivity index (χ2n) is 6.00. The van der Waals surface area contributed by atoms with Gasteiger partial charge in [-0.1, -0.05) is 5.21 Å². The summed E-state index contributed by atoms with van der Waals surface area (Å²) in [5, 5.41) is 15.1. The number of hydrogen-bond acceptors (Lipinski definition) is 5. The van der Waals surface area contributed by atoms with E-state index in [4.69, 9.17) is 5.73 Å². The standard InChI is InChI=1S/C15H22N6OS/c16-15(22)17-7-14-10-21(19-18-14)9-12-1-4-20(5-2-12)8-13-3-6-23-11-13/h3,6,10-12H,1-2,4-5,7-9H2,(H3,16,17,22). The molecule has 23 heavy (non-hydrogen) atoms. The van der Waals surface area contributed by atoms with Crippen molar-refractivity contribution in [2.75, 3.05) is 13.1 Å². The number of amides is 2. The van der Waals surface area contributed by atoms with E-state index < -0.39 is 6.03 Å². The van der Waals surface area contributed by atoms with Crippen LogP contribution in [0.1, 0.15) is 24.1 Å². The summed E-state index contributed by atoms with van der Waals surface area (Å²) < 4.78 is 1.87. The molecule has 0 atom stereocenters. The van der Waals surface area contributed by atoms with Gasteiger partial charge < -0.3 is 11.1 Å². The quantitative estimate of drug-likeness (QED) is 0.836. The van der Waals surface area contributed by atoms with Gasteiger partial charge in [-0.05, 0) is 54.2 Å². The average molecular weight is 334 g/mol. The zero-order valence-electron chi connectivity index (χ0n) is 13.0. The molecule has 0 aromatic carbocycles. The van der Waals surface area contributed by atoms with Crippen LogP contribution in [0.25, 0.3) is 0 Å². The molecule has 3 rings (SSSR count). The van der Waals surface area contributed by atoms with Gasteiger partial charge in [-0.25, -0.2) is 4.79 Å². The van der Waals surface area contributed by atoms with Gasteiger partial charge in [-0.3, -0.25) is 9.58 Å². The third kappa shape index (κ3) is 4.77. The van der Waals surface area contributed by atoms with Crippen LogP contribution in [-0.2, 0) is 19.6 Å². The van der Waals surface area contributed by atoms with Crippen molar-refractivity contribution >= 4 is 17.4 Å². The van der Waals surface area contributed by atoms with E-state index in [0.717, 1.165) is 31.9 Å². The number of urea groups is 1. The minimum absolute atomic E-state index is 0.328. The van der Waals surface area contributed by atoms with Crippen LogP contribution in [0.15, 0.2) is 23.0 Å². The van der Waals surface area contributed by atoms with Crippen molar-refractivity contribution in [1.82, 2.24) is 25.2 Å². The fourth-order valence-electron chi connectivity index (χ4n) is 2.92. The predicted molar refractivity (Wildman–Crippen MR) is 88.8 cm³/mol. The molecule has 2 aromatic rings. The Hall–Kier alpha value is -1.93. The summed E-state index contributed by atoms with van der Waals surface area (Å²) in [7, 11) is 0. The lowest BCUT2D eigenvalue weighted by atomic mass is 9.96. The SMILES string of the molecule is NC(=O)NCc1cn(CC2CCN(Cc3ccsc3)CC2)nn1. The van der Waals surface area contributed by atoms with E-state index in [1.54, 1.807) is 11.3 Å². The summed E-state index contributed by atoms with van der Waals surface area (Å²) >= 11 is 1.76. The second-order valence-corrected chi connectivity index (χ2v) is 6.78. The number of piperidine rings is 1. The largest absolute Gasteiger partial charge is 0.352 e. The number of thiophene rings is 1. The number of nitrogens with zero attached hydrogens (tertiary/aromatic N) is 4. The maximum absolute atomic E-state index is 10.7. The van der Waals surface area contributed by atoms with Crippen molar-refractivity contribution < 1.29 is 4.79 Å². The first-order chi connectivity index (χ1) is 11.2. The fraction of sp³-hybridized carbons (Fsp3) is 0.533. The highest BCUT2D eigenvalue weighted by Gasteiger charge is 2.20. The van der Waals surface area contributed by atoms with Gasteiger partial charge in [0, 0.05) is 13.1 Å². The van der Waals surface area contributed by atoms with Gasteiger partial charge in [-0.2, -0.15) is 11.3 Å². The highest BCUT2D eigenvalue weighted by molar-refractivity contribution is 7.07. The summed E-state index contributed by atoms with van der Waals surface area (Å²) in [4.78, 5) is 13.2. The maximum Gasteiger partial charge on any atom is 0.312 e. The number of hydrogen-bond donors (Lipinski definition) is 2. The Balaban J connectivity index is 1.42. The number of nitrogens with one attached hydrogen (secondary N) is 1. The van der Waals surface area contributed by atoms with Crippen LogP contribution in [0.2, 0.25) is 0 Å². The number of likely N-dealkylation sites (tertiary alicyclic amines) is 1. The lowest BCUT2D eigenvalue weighted by Crippen LogP contribution is -2.34. The molecular weight excluding hydrogens is 312 g/mol. The Kier molecular flexibility index (Phi) is 5.24. The number of nitrogens with two attached hydrogens (primary N) is 1. The first kappa shape index (κ1) is 15.9. The molecule has 0 spiro atoms. The molecule has 3 N–H and O–H groups in total. The summed E-state index contributed by atoms with van der Waals surface area (Å²) in [6.45, 7) is 4.53. The van der Waals surface area contributed by atoms with Crippen LogP contribution in [0.3, 0.4) is 0 Å². The smallest absolute Gasteiger partial charge is 0.312 e. The van der Waals surface area contributed by atoms with Crippen LogP contribution in [0.4, 0.5) is 4.79 Å². The highest BCUT2D eigenvalue weighted by Crippen LogP contribution is 2.21. The molecular formula is C15H22N6OS. The van der Waals surface area contributed by atoms with Gasteiger partial charge in [0.15, 0.2) is 0 Å². The van der Waals surface area contributed by atoms with Crippen LogP contribution < -0.4 is 11.1 Å². The zero-order valence-corrected chi connectivity index (χ0v) is 13.8. The molecule has 2 aromatic heterocycles. The zero-order chi connectivity index (χ0) is 16.1. The lowest BCUT2D eigenvalue weighted by molar-refractivity contribution is 0.164. The van der Waals surface area contributed by atoms with E-state index in [-0.39, 0.29) is 0 Å². The molecule has 3 heterocycles. The van der Waals surface area contributed by atoms with E-state index in [1.165, 1.54) is 18.4 Å². The number of rotatable bonds is 6. The van der Waals surface area contributed by atoms with Crippen molar-refractivity contribution in [3.05, 3.63) is 34.3 Å². The fourth-order valence-corrected chi connectivity index (χ4v) is 3.58. The molecule has 0 unspecified atom stereocenters. The van der Waals surface area contributed by atoms with Gasteiger partial charge in [-0.15, -0.1) is 5.10 Å². The lowest BCUT2D eigenvalue weighted by Gasteiger charge is -2.31. The van der Waals surface area contributed by atoms with Crippen molar-refractivity contribution in [3.63, 3.8) is 0 Å². The van der Waals surface area contributed by atoms with Crippen LogP contribution >= 0.6 is 11.3 Å². The Bertz CT molecular complexity index is 618. The number of primary amides is 1. The van der Waals surface area contributed by atoms with Crippen LogP contribution in [-0.4, -0.2) is 39.0 Å². The molecule has 1 aliphatic rings. The van der Waals surface area contributed by atoms with Crippen LogP contribution in [0, 0.1) is 5.92 Å². The van der Waals surface area contributed by atoms with Gasteiger partial charge in [0.05, 0.1) is 12.7 Å². The maximum atomic E-state index is 10.7. The molecule has 0 saturated carbocycles. The summed E-state index contributed by atoms with van der Waals surface area (Å²) in [6, 6.07) is 1.66. The normalized spacial score (nSPS) is 16.5. The van der Waals surface area contributed by atoms with E-state index in [9.17, 15) is 4.79 Å². The molecule has 124 valence electrons. The van der Waals surface area contributed by atoms with E-state index >= 15 is 0 Å². The monoisotopic (exact) mass is 334 g/mol. The first-order valence-electron chi connectivity index (χ1n) is 7.85. The van der Waals surface area contributed by atoms with Gasteiger partial charge in [0.25, 0.3) is 0 Å². The number of carbonyl (C=O) groups is 1. The molecule has 1 saturated heterocycles. The van der Waals surface area contributed by atoms with E-state index in [0.29, 0.717) is 12.5 Å². The summed E-state index contributed by atoms with van der Waals surface area (Å²) in [5.74, 6) is 0.632. The van der Waals surface area contributed by atoms with Gasteiger partial charge in [0.2, 0.25) is 0 Å². The first-order valence-corrected chi connectivity index (χ1v) is 8.79. The predicted octanol–water partition coefficient (Wildman–Crippen LogP) is 1.42. The molecule has 7 nitrogen and oxygen atoms in total. The van der Waals surface area contributed by atoms with Gasteiger partial charge >= 0.3 is 6.03 Å². The minimum Gasteiger partial charge on any atom is -0.352 e. The van der Waals surface area contributed by atoms with Crippen molar-refractivity contribution in [2.24, 2.45) is 11.7 Å².